The molecule has 0 N–H and O–H groups in total. The molecule has 16 heavy (non-hydrogen) atoms. The number of fused-ring (bicyclic) bond motifs is 3. The van der Waals surface area contributed by atoms with E-state index in [1.165, 1.54) is 11.1 Å². The van der Waals surface area contributed by atoms with Crippen LogP contribution in [0.4, 0.5) is 0 Å². The Labute approximate surface area is 96.2 Å². The number of aryl methyl sites for hydroxylation is 1. The highest BCUT2D eigenvalue weighted by Gasteiger charge is 2.36. The van der Waals surface area contributed by atoms with E-state index in [1.54, 1.807) is 0 Å². The van der Waals surface area contributed by atoms with Crippen LogP contribution < -0.4 is 0 Å². The van der Waals surface area contributed by atoms with Crippen molar-refractivity contribution in [2.45, 2.75) is 32.1 Å². The molecular formula is C15H16O. The molecule has 0 heterocycles. The average Bonchev–Trinajstić information content (AvgIpc) is 2.33. The van der Waals surface area contributed by atoms with Gasteiger partial charge in [-0.15, -0.1) is 0 Å². The van der Waals surface area contributed by atoms with Crippen molar-refractivity contribution in [2.24, 2.45) is 5.92 Å². The lowest BCUT2D eigenvalue weighted by atomic mass is 9.68. The molecular weight excluding hydrogens is 196 g/mol. The van der Waals surface area contributed by atoms with Gasteiger partial charge in [-0.25, -0.2) is 0 Å². The summed E-state index contributed by atoms with van der Waals surface area (Å²) in [5.74, 6) is 1.08. The Morgan fingerprint density at radius 1 is 1.19 bits per heavy atom. The minimum absolute atomic E-state index is 0.250. The van der Waals surface area contributed by atoms with Crippen LogP contribution in [0.1, 0.15) is 36.8 Å². The Morgan fingerprint density at radius 2 is 2.00 bits per heavy atom. The van der Waals surface area contributed by atoms with Crippen molar-refractivity contribution in [3.8, 4) is 0 Å². The zero-order valence-electron chi connectivity index (χ0n) is 9.57. The summed E-state index contributed by atoms with van der Waals surface area (Å²) in [5, 5.41) is 0. The number of carbonyl (C=O) groups excluding carboxylic acids is 1. The molecule has 0 aliphatic heterocycles. The van der Waals surface area contributed by atoms with Gasteiger partial charge in [0.2, 0.25) is 0 Å². The summed E-state index contributed by atoms with van der Waals surface area (Å²) < 4.78 is 0. The van der Waals surface area contributed by atoms with E-state index in [0.717, 1.165) is 24.8 Å². The molecule has 1 heteroatoms. The molecule has 0 bridgehead atoms. The predicted molar refractivity (Wildman–Crippen MR) is 64.4 cm³/mol. The Morgan fingerprint density at radius 3 is 2.88 bits per heavy atom. The molecule has 2 aliphatic carbocycles. The summed E-state index contributed by atoms with van der Waals surface area (Å²) in [7, 11) is 0. The van der Waals surface area contributed by atoms with Gasteiger partial charge in [-0.1, -0.05) is 30.3 Å². The van der Waals surface area contributed by atoms with Gasteiger partial charge in [-0.3, -0.25) is 4.79 Å². The number of benzene rings is 1. The monoisotopic (exact) mass is 212 g/mol. The van der Waals surface area contributed by atoms with E-state index >= 15 is 0 Å². The summed E-state index contributed by atoms with van der Waals surface area (Å²) in [6.07, 6.45) is 5.26. The fourth-order valence-corrected chi connectivity index (χ4v) is 3.15. The lowest BCUT2D eigenvalue weighted by molar-refractivity contribution is -0.120. The topological polar surface area (TPSA) is 17.1 Å². The molecule has 2 atom stereocenters. The highest BCUT2D eigenvalue weighted by molar-refractivity contribution is 5.98. The van der Waals surface area contributed by atoms with E-state index < -0.39 is 0 Å². The molecule has 1 aromatic rings. The fraction of sp³-hybridized carbons (Fsp3) is 0.400. The van der Waals surface area contributed by atoms with Gasteiger partial charge in [0.25, 0.3) is 0 Å². The number of hydrogen-bond acceptors (Lipinski definition) is 1. The number of rotatable bonds is 0. The molecule has 1 aromatic carbocycles. The van der Waals surface area contributed by atoms with Crippen molar-refractivity contribution in [1.82, 2.24) is 0 Å². The smallest absolute Gasteiger partial charge is 0.161 e. The van der Waals surface area contributed by atoms with E-state index in [1.807, 2.05) is 6.92 Å². The van der Waals surface area contributed by atoms with Gasteiger partial charge >= 0.3 is 0 Å². The Balaban J connectivity index is 2.06. The third-order valence-corrected chi connectivity index (χ3v) is 4.07. The van der Waals surface area contributed by atoms with Crippen LogP contribution >= 0.6 is 0 Å². The second kappa shape index (κ2) is 3.58. The van der Waals surface area contributed by atoms with E-state index in [9.17, 15) is 4.79 Å². The first-order valence-corrected chi connectivity index (χ1v) is 6.06. The number of allylic oxidation sites excluding steroid dienone is 2. The molecule has 0 aromatic heterocycles. The maximum Gasteiger partial charge on any atom is 0.161 e. The summed E-state index contributed by atoms with van der Waals surface area (Å²) in [6.45, 7) is 1.96. The maximum absolute atomic E-state index is 12.1. The first-order valence-electron chi connectivity index (χ1n) is 6.06. The number of hydrogen-bond donors (Lipinski definition) is 0. The Hall–Kier alpha value is -1.37. The summed E-state index contributed by atoms with van der Waals surface area (Å²) in [6, 6.07) is 8.61. The van der Waals surface area contributed by atoms with Gasteiger partial charge in [-0.2, -0.15) is 0 Å². The molecule has 0 amide bonds. The number of ketones is 1. The minimum Gasteiger partial charge on any atom is -0.294 e. The van der Waals surface area contributed by atoms with Crippen LogP contribution in [0.2, 0.25) is 0 Å². The molecule has 1 nitrogen and oxygen atoms in total. The van der Waals surface area contributed by atoms with E-state index in [-0.39, 0.29) is 5.92 Å². The van der Waals surface area contributed by atoms with Crippen LogP contribution in [0.3, 0.4) is 0 Å². The molecule has 0 unspecified atom stereocenters. The van der Waals surface area contributed by atoms with Crippen LogP contribution in [0.5, 0.6) is 0 Å². The highest BCUT2D eigenvalue weighted by Crippen LogP contribution is 2.42. The van der Waals surface area contributed by atoms with E-state index in [4.69, 9.17) is 0 Å². The molecule has 0 fully saturated rings. The zero-order valence-corrected chi connectivity index (χ0v) is 9.57. The SMILES string of the molecule is CC1=CC[C@@H]2c3ccccc3CC[C@@H]2C1=O. The van der Waals surface area contributed by atoms with Gasteiger partial charge in [0.05, 0.1) is 0 Å². The average molecular weight is 212 g/mol. The largest absolute Gasteiger partial charge is 0.294 e. The molecule has 82 valence electrons. The first-order chi connectivity index (χ1) is 7.77. The van der Waals surface area contributed by atoms with Crippen LogP contribution in [-0.4, -0.2) is 5.78 Å². The number of Topliss-reactive ketones (excluding diaryl/α,β-unsaturated/α-hetero) is 1. The van der Waals surface area contributed by atoms with E-state index in [2.05, 4.69) is 30.3 Å². The summed E-state index contributed by atoms with van der Waals surface area (Å²) >= 11 is 0. The van der Waals surface area contributed by atoms with Crippen molar-refractivity contribution < 1.29 is 4.79 Å². The van der Waals surface area contributed by atoms with Crippen LogP contribution in [0.25, 0.3) is 0 Å². The van der Waals surface area contributed by atoms with Gasteiger partial charge in [0.1, 0.15) is 0 Å². The molecule has 0 spiro atoms. The third-order valence-electron chi connectivity index (χ3n) is 4.07. The van der Waals surface area contributed by atoms with Crippen molar-refractivity contribution in [1.29, 1.82) is 0 Å². The lowest BCUT2D eigenvalue weighted by Gasteiger charge is -2.35. The quantitative estimate of drug-likeness (QED) is 0.645. The van der Waals surface area contributed by atoms with Crippen LogP contribution in [0.15, 0.2) is 35.9 Å². The second-order valence-electron chi connectivity index (χ2n) is 4.94. The minimum atomic E-state index is 0.250. The first kappa shape index (κ1) is 9.83. The van der Waals surface area contributed by atoms with Crippen molar-refractivity contribution in [3.05, 3.63) is 47.0 Å². The van der Waals surface area contributed by atoms with Gasteiger partial charge < -0.3 is 0 Å². The number of carbonyl (C=O) groups is 1. The Bertz CT molecular complexity index is 470. The molecule has 0 saturated carbocycles. The zero-order chi connectivity index (χ0) is 11.1. The van der Waals surface area contributed by atoms with Crippen LogP contribution in [0, 0.1) is 5.92 Å². The fourth-order valence-electron chi connectivity index (χ4n) is 3.15. The van der Waals surface area contributed by atoms with Crippen molar-refractivity contribution >= 4 is 5.78 Å². The van der Waals surface area contributed by atoms with Gasteiger partial charge in [0, 0.05) is 5.92 Å². The van der Waals surface area contributed by atoms with Gasteiger partial charge in [-0.05, 0) is 48.8 Å². The third kappa shape index (κ3) is 1.35. The summed E-state index contributed by atoms with van der Waals surface area (Å²) in [4.78, 5) is 12.1. The van der Waals surface area contributed by atoms with Crippen molar-refractivity contribution in [2.75, 3.05) is 0 Å². The molecule has 2 aliphatic rings. The summed E-state index contributed by atoms with van der Waals surface area (Å²) in [5.41, 5.74) is 3.83. The maximum atomic E-state index is 12.1. The Kier molecular flexibility index (Phi) is 2.20. The molecule has 0 radical (unpaired) electrons. The van der Waals surface area contributed by atoms with E-state index in [0.29, 0.717) is 11.7 Å². The highest BCUT2D eigenvalue weighted by atomic mass is 16.1. The van der Waals surface area contributed by atoms with Crippen molar-refractivity contribution in [3.63, 3.8) is 0 Å². The normalized spacial score (nSPS) is 28.1. The molecule has 3 rings (SSSR count). The standard InChI is InChI=1S/C15H16O/c1-10-6-8-13-12-5-3-2-4-11(12)7-9-14(13)15(10)16/h2-6,13-14H,7-9H2,1H3/t13-,14+/m1/s1. The van der Waals surface area contributed by atoms with Crippen LogP contribution in [-0.2, 0) is 11.2 Å². The van der Waals surface area contributed by atoms with Gasteiger partial charge in [0.15, 0.2) is 5.78 Å². The lowest BCUT2D eigenvalue weighted by Crippen LogP contribution is -2.30. The second-order valence-corrected chi connectivity index (χ2v) is 4.94. The molecule has 0 saturated heterocycles. The predicted octanol–water partition coefficient (Wildman–Crippen LogP) is 3.25.